The highest BCUT2D eigenvalue weighted by Crippen LogP contribution is 2.35. The van der Waals surface area contributed by atoms with Gasteiger partial charge in [-0.1, -0.05) is 25.7 Å². The number of likely N-dealkylation sites (tertiary alicyclic amines) is 1. The molecule has 0 aromatic heterocycles. The van der Waals surface area contributed by atoms with Crippen molar-refractivity contribution in [1.82, 2.24) is 4.90 Å². The number of carbonyl (C=O) groups is 1. The molecule has 0 bridgehead atoms. The molecule has 1 aliphatic heterocycles. The molecule has 0 radical (unpaired) electrons. The maximum absolute atomic E-state index is 12.3. The van der Waals surface area contributed by atoms with E-state index < -0.39 is 0 Å². The zero-order valence-corrected chi connectivity index (χ0v) is 11.6. The fraction of sp³-hybridized carbons (Fsp3) is 0.938. The van der Waals surface area contributed by atoms with Crippen molar-refractivity contribution in [3.05, 3.63) is 0 Å². The summed E-state index contributed by atoms with van der Waals surface area (Å²) in [6.07, 6.45) is 13.2. The lowest BCUT2D eigenvalue weighted by Crippen LogP contribution is -2.49. The van der Waals surface area contributed by atoms with E-state index >= 15 is 0 Å². The molecule has 1 saturated heterocycles. The van der Waals surface area contributed by atoms with E-state index in [2.05, 4.69) is 4.90 Å². The molecular weight excluding hydrogens is 222 g/mol. The highest BCUT2D eigenvalue weighted by Gasteiger charge is 2.35. The quantitative estimate of drug-likeness (QED) is 0.764. The molecule has 0 aromatic carbocycles. The summed E-state index contributed by atoms with van der Waals surface area (Å²) in [4.78, 5) is 14.9. The number of hydrogen-bond donors (Lipinski definition) is 0. The topological polar surface area (TPSA) is 20.3 Å². The SMILES string of the molecule is O=C(CN1CCCC2CCCCC21)C1CCCC1. The van der Waals surface area contributed by atoms with E-state index in [1.165, 1.54) is 70.8 Å². The number of nitrogens with zero attached hydrogens (tertiary/aromatic N) is 1. The maximum Gasteiger partial charge on any atom is 0.149 e. The normalized spacial score (nSPS) is 34.4. The summed E-state index contributed by atoms with van der Waals surface area (Å²) in [5.74, 6) is 1.87. The number of carbonyl (C=O) groups excluding carboxylic acids is 1. The van der Waals surface area contributed by atoms with Crippen molar-refractivity contribution in [2.24, 2.45) is 11.8 Å². The number of Topliss-reactive ketones (excluding diaryl/α,β-unsaturated/α-hetero) is 1. The monoisotopic (exact) mass is 249 g/mol. The van der Waals surface area contributed by atoms with Crippen LogP contribution in [0, 0.1) is 11.8 Å². The zero-order valence-electron chi connectivity index (χ0n) is 11.6. The Morgan fingerprint density at radius 1 is 0.889 bits per heavy atom. The summed E-state index contributed by atoms with van der Waals surface area (Å²) in [7, 11) is 0. The minimum absolute atomic E-state index is 0.411. The third-order valence-corrected chi connectivity index (χ3v) is 5.53. The lowest BCUT2D eigenvalue weighted by molar-refractivity contribution is -0.125. The van der Waals surface area contributed by atoms with E-state index in [0.29, 0.717) is 11.7 Å². The highest BCUT2D eigenvalue weighted by molar-refractivity contribution is 5.83. The minimum atomic E-state index is 0.411. The molecule has 1 heterocycles. The molecule has 18 heavy (non-hydrogen) atoms. The van der Waals surface area contributed by atoms with Crippen LogP contribution in [0.25, 0.3) is 0 Å². The van der Waals surface area contributed by atoms with Crippen LogP contribution in [-0.2, 0) is 4.79 Å². The zero-order chi connectivity index (χ0) is 12.4. The predicted octanol–water partition coefficient (Wildman–Crippen LogP) is 3.40. The lowest BCUT2D eigenvalue weighted by Gasteiger charge is -2.44. The molecule has 3 rings (SSSR count). The summed E-state index contributed by atoms with van der Waals surface area (Å²) in [5.41, 5.74) is 0. The molecular formula is C16H27NO. The third-order valence-electron chi connectivity index (χ3n) is 5.53. The van der Waals surface area contributed by atoms with Gasteiger partial charge in [-0.15, -0.1) is 0 Å². The molecule has 2 unspecified atom stereocenters. The van der Waals surface area contributed by atoms with Crippen LogP contribution in [-0.4, -0.2) is 29.8 Å². The Morgan fingerprint density at radius 2 is 1.56 bits per heavy atom. The summed E-state index contributed by atoms with van der Waals surface area (Å²) in [6.45, 7) is 1.95. The van der Waals surface area contributed by atoms with E-state index in [1.54, 1.807) is 0 Å². The molecule has 2 saturated carbocycles. The first-order valence-electron chi connectivity index (χ1n) is 8.11. The number of hydrogen-bond acceptors (Lipinski definition) is 2. The number of ketones is 1. The van der Waals surface area contributed by atoms with Crippen LogP contribution in [0.15, 0.2) is 0 Å². The summed E-state index contributed by atoms with van der Waals surface area (Å²) >= 11 is 0. The van der Waals surface area contributed by atoms with E-state index in [0.717, 1.165) is 18.5 Å². The van der Waals surface area contributed by atoms with Gasteiger partial charge < -0.3 is 0 Å². The first-order chi connectivity index (χ1) is 8.84. The van der Waals surface area contributed by atoms with Crippen molar-refractivity contribution in [3.63, 3.8) is 0 Å². The molecule has 2 nitrogen and oxygen atoms in total. The average molecular weight is 249 g/mol. The van der Waals surface area contributed by atoms with Crippen LogP contribution in [0.3, 0.4) is 0 Å². The van der Waals surface area contributed by atoms with Gasteiger partial charge in [-0.3, -0.25) is 9.69 Å². The Balaban J connectivity index is 1.58. The van der Waals surface area contributed by atoms with Crippen LogP contribution in [0.4, 0.5) is 0 Å². The second-order valence-corrected chi connectivity index (χ2v) is 6.67. The third kappa shape index (κ3) is 2.64. The van der Waals surface area contributed by atoms with Gasteiger partial charge in [0.25, 0.3) is 0 Å². The van der Waals surface area contributed by atoms with Gasteiger partial charge in [0.2, 0.25) is 0 Å². The van der Waals surface area contributed by atoms with E-state index in [-0.39, 0.29) is 0 Å². The Morgan fingerprint density at radius 3 is 2.39 bits per heavy atom. The van der Waals surface area contributed by atoms with Gasteiger partial charge >= 0.3 is 0 Å². The molecule has 0 spiro atoms. The van der Waals surface area contributed by atoms with Gasteiger partial charge in [0.15, 0.2) is 0 Å². The Bertz CT molecular complexity index is 293. The molecule has 0 N–H and O–H groups in total. The van der Waals surface area contributed by atoms with E-state index in [1.807, 2.05) is 0 Å². The van der Waals surface area contributed by atoms with Gasteiger partial charge in [0.05, 0.1) is 6.54 Å². The van der Waals surface area contributed by atoms with Gasteiger partial charge in [-0.05, 0) is 51.0 Å². The van der Waals surface area contributed by atoms with E-state index in [9.17, 15) is 4.79 Å². The van der Waals surface area contributed by atoms with Crippen LogP contribution in [0.1, 0.15) is 64.2 Å². The largest absolute Gasteiger partial charge is 0.298 e. The Hall–Kier alpha value is -0.370. The molecule has 3 fully saturated rings. The molecule has 2 aliphatic carbocycles. The first-order valence-corrected chi connectivity index (χ1v) is 8.11. The molecule has 102 valence electrons. The lowest BCUT2D eigenvalue weighted by atomic mass is 9.78. The number of rotatable bonds is 3. The molecule has 2 heteroatoms. The smallest absolute Gasteiger partial charge is 0.149 e. The van der Waals surface area contributed by atoms with Crippen LogP contribution >= 0.6 is 0 Å². The average Bonchev–Trinajstić information content (AvgIpc) is 2.93. The van der Waals surface area contributed by atoms with Crippen molar-refractivity contribution in [3.8, 4) is 0 Å². The van der Waals surface area contributed by atoms with Gasteiger partial charge in [-0.25, -0.2) is 0 Å². The van der Waals surface area contributed by atoms with Crippen LogP contribution < -0.4 is 0 Å². The van der Waals surface area contributed by atoms with Crippen LogP contribution in [0.2, 0.25) is 0 Å². The fourth-order valence-corrected chi connectivity index (χ4v) is 4.50. The Labute approximate surface area is 111 Å². The van der Waals surface area contributed by atoms with Crippen molar-refractivity contribution in [2.75, 3.05) is 13.1 Å². The van der Waals surface area contributed by atoms with Crippen molar-refractivity contribution in [2.45, 2.75) is 70.3 Å². The predicted molar refractivity (Wildman–Crippen MR) is 73.5 cm³/mol. The first kappa shape index (κ1) is 12.7. The highest BCUT2D eigenvalue weighted by atomic mass is 16.1. The second-order valence-electron chi connectivity index (χ2n) is 6.67. The summed E-state index contributed by atoms with van der Waals surface area (Å²) < 4.78 is 0. The summed E-state index contributed by atoms with van der Waals surface area (Å²) in [5, 5.41) is 0. The fourth-order valence-electron chi connectivity index (χ4n) is 4.50. The van der Waals surface area contributed by atoms with Gasteiger partial charge in [0.1, 0.15) is 5.78 Å². The Kier molecular flexibility index (Phi) is 4.03. The summed E-state index contributed by atoms with van der Waals surface area (Å²) in [6, 6.07) is 0.748. The maximum atomic E-state index is 12.3. The standard InChI is InChI=1S/C16H27NO/c18-16(14-7-1-2-8-14)12-17-11-5-9-13-6-3-4-10-15(13)17/h13-15H,1-12H2. The molecule has 0 amide bonds. The van der Waals surface area contributed by atoms with Gasteiger partial charge in [-0.2, -0.15) is 0 Å². The second kappa shape index (κ2) is 5.73. The van der Waals surface area contributed by atoms with Crippen molar-refractivity contribution < 1.29 is 4.79 Å². The van der Waals surface area contributed by atoms with E-state index in [4.69, 9.17) is 0 Å². The molecule has 3 aliphatic rings. The van der Waals surface area contributed by atoms with Crippen molar-refractivity contribution >= 4 is 5.78 Å². The number of piperidine rings is 1. The van der Waals surface area contributed by atoms with Crippen LogP contribution in [0.5, 0.6) is 0 Å². The van der Waals surface area contributed by atoms with Gasteiger partial charge in [0, 0.05) is 12.0 Å². The molecule has 2 atom stereocenters. The minimum Gasteiger partial charge on any atom is -0.298 e. The van der Waals surface area contributed by atoms with Crippen molar-refractivity contribution in [1.29, 1.82) is 0 Å². The number of fused-ring (bicyclic) bond motifs is 1. The molecule has 0 aromatic rings.